The van der Waals surface area contributed by atoms with Gasteiger partial charge in [-0.1, -0.05) is 25.4 Å². The van der Waals surface area contributed by atoms with Gasteiger partial charge in [0.15, 0.2) is 0 Å². The third-order valence-corrected chi connectivity index (χ3v) is 4.85. The van der Waals surface area contributed by atoms with Crippen LogP contribution in [0.1, 0.15) is 44.0 Å². The third kappa shape index (κ3) is 5.40. The fourth-order valence-corrected chi connectivity index (χ4v) is 3.22. The summed E-state index contributed by atoms with van der Waals surface area (Å²) in [6, 6.07) is 2.65. The molecular weight excluding hydrogens is 374 g/mol. The number of benzene rings is 1. The van der Waals surface area contributed by atoms with Crippen molar-refractivity contribution in [1.82, 2.24) is 10.6 Å². The van der Waals surface area contributed by atoms with E-state index in [1.807, 2.05) is 20.8 Å². The van der Waals surface area contributed by atoms with Crippen LogP contribution in [-0.2, 0) is 9.53 Å². The lowest BCUT2D eigenvalue weighted by Gasteiger charge is -2.26. The molecule has 0 saturated carbocycles. The van der Waals surface area contributed by atoms with Gasteiger partial charge in [0.2, 0.25) is 5.91 Å². The monoisotopic (exact) mass is 397 g/mol. The Morgan fingerprint density at radius 3 is 2.52 bits per heavy atom. The van der Waals surface area contributed by atoms with E-state index in [9.17, 15) is 19.7 Å². The second kappa shape index (κ2) is 9.14. The molecule has 0 aromatic heterocycles. The number of non-ortho nitro benzene ring substituents is 1. The van der Waals surface area contributed by atoms with E-state index in [0.717, 1.165) is 18.9 Å². The van der Waals surface area contributed by atoms with Crippen molar-refractivity contribution < 1.29 is 19.2 Å². The number of nitro groups is 1. The molecule has 1 aliphatic heterocycles. The molecule has 0 bridgehead atoms. The highest BCUT2D eigenvalue weighted by Gasteiger charge is 2.30. The van der Waals surface area contributed by atoms with Crippen molar-refractivity contribution in [2.45, 2.75) is 51.8 Å². The van der Waals surface area contributed by atoms with Gasteiger partial charge in [-0.2, -0.15) is 0 Å². The SMILES string of the molecule is CC(C)[C@H](NC(=O)c1ccc([N+](=O)[O-])cc1Cl)C(=O)N[C@H](C)[C@@H]1CCCO1. The van der Waals surface area contributed by atoms with E-state index < -0.39 is 16.9 Å². The van der Waals surface area contributed by atoms with Gasteiger partial charge in [0.25, 0.3) is 11.6 Å². The maximum absolute atomic E-state index is 12.6. The molecule has 1 aromatic rings. The molecule has 1 aliphatic rings. The molecule has 0 aliphatic carbocycles. The summed E-state index contributed by atoms with van der Waals surface area (Å²) in [4.78, 5) is 35.4. The van der Waals surface area contributed by atoms with Crippen LogP contribution < -0.4 is 10.6 Å². The van der Waals surface area contributed by atoms with Gasteiger partial charge >= 0.3 is 0 Å². The zero-order valence-corrected chi connectivity index (χ0v) is 16.3. The predicted molar refractivity (Wildman–Crippen MR) is 101 cm³/mol. The highest BCUT2D eigenvalue weighted by molar-refractivity contribution is 6.34. The number of nitrogens with zero attached hydrogens (tertiary/aromatic N) is 1. The molecule has 1 aromatic carbocycles. The molecule has 2 amide bonds. The zero-order valence-electron chi connectivity index (χ0n) is 15.5. The largest absolute Gasteiger partial charge is 0.376 e. The smallest absolute Gasteiger partial charge is 0.270 e. The Morgan fingerprint density at radius 1 is 1.30 bits per heavy atom. The molecular formula is C18H24ClN3O5. The third-order valence-electron chi connectivity index (χ3n) is 4.54. The van der Waals surface area contributed by atoms with Crippen LogP contribution in [0.3, 0.4) is 0 Å². The van der Waals surface area contributed by atoms with E-state index in [2.05, 4.69) is 10.6 Å². The Morgan fingerprint density at radius 2 is 2.00 bits per heavy atom. The van der Waals surface area contributed by atoms with Crippen molar-refractivity contribution in [2.75, 3.05) is 6.61 Å². The number of hydrogen-bond acceptors (Lipinski definition) is 5. The van der Waals surface area contributed by atoms with Crippen molar-refractivity contribution in [3.63, 3.8) is 0 Å². The lowest BCUT2D eigenvalue weighted by molar-refractivity contribution is -0.384. The molecule has 1 saturated heterocycles. The summed E-state index contributed by atoms with van der Waals surface area (Å²) in [5.41, 5.74) is -0.131. The van der Waals surface area contributed by atoms with Crippen molar-refractivity contribution in [3.8, 4) is 0 Å². The van der Waals surface area contributed by atoms with Gasteiger partial charge in [-0.05, 0) is 31.7 Å². The predicted octanol–water partition coefficient (Wildman–Crippen LogP) is 2.69. The molecule has 0 spiro atoms. The Balaban J connectivity index is 2.07. The number of halogens is 1. The second-order valence-electron chi connectivity index (χ2n) is 6.97. The van der Waals surface area contributed by atoms with Crippen LogP contribution in [0.25, 0.3) is 0 Å². The average Bonchev–Trinajstić information content (AvgIpc) is 3.13. The lowest BCUT2D eigenvalue weighted by Crippen LogP contribution is -2.53. The van der Waals surface area contributed by atoms with E-state index in [1.165, 1.54) is 12.1 Å². The van der Waals surface area contributed by atoms with E-state index in [0.29, 0.717) is 6.61 Å². The highest BCUT2D eigenvalue weighted by Crippen LogP contribution is 2.23. The number of amides is 2. The van der Waals surface area contributed by atoms with E-state index in [4.69, 9.17) is 16.3 Å². The molecule has 0 radical (unpaired) electrons. The number of carbonyl (C=O) groups is 2. The maximum atomic E-state index is 12.6. The number of hydrogen-bond donors (Lipinski definition) is 2. The first kappa shape index (κ1) is 21.1. The van der Waals surface area contributed by atoms with Crippen molar-refractivity contribution >= 4 is 29.1 Å². The summed E-state index contributed by atoms with van der Waals surface area (Å²) in [5, 5.41) is 16.3. The average molecular weight is 398 g/mol. The Labute approximate surface area is 162 Å². The first-order chi connectivity index (χ1) is 12.7. The van der Waals surface area contributed by atoms with E-state index >= 15 is 0 Å². The first-order valence-corrected chi connectivity index (χ1v) is 9.25. The minimum Gasteiger partial charge on any atom is -0.376 e. The normalized spacial score (nSPS) is 18.8. The van der Waals surface area contributed by atoms with Crippen LogP contribution >= 0.6 is 11.6 Å². The molecule has 0 unspecified atom stereocenters. The van der Waals surface area contributed by atoms with Crippen LogP contribution in [0.2, 0.25) is 5.02 Å². The standard InChI is InChI=1S/C18H24ClN3O5/c1-10(2)16(18(24)20-11(3)15-5-4-8-27-15)21-17(23)13-7-6-12(22(25)26)9-14(13)19/h6-7,9-11,15-16H,4-5,8H2,1-3H3,(H,20,24)(H,21,23)/t11-,15+,16+/m1/s1. The van der Waals surface area contributed by atoms with Gasteiger partial charge in [-0.25, -0.2) is 0 Å². The molecule has 1 heterocycles. The molecule has 27 heavy (non-hydrogen) atoms. The van der Waals surface area contributed by atoms with Gasteiger partial charge in [-0.15, -0.1) is 0 Å². The fraction of sp³-hybridized carbons (Fsp3) is 0.556. The molecule has 1 fully saturated rings. The van der Waals surface area contributed by atoms with E-state index in [-0.39, 0.29) is 40.2 Å². The molecule has 148 valence electrons. The summed E-state index contributed by atoms with van der Waals surface area (Å²) in [7, 11) is 0. The minimum absolute atomic E-state index is 0.0263. The summed E-state index contributed by atoms with van der Waals surface area (Å²) >= 11 is 6.00. The summed E-state index contributed by atoms with van der Waals surface area (Å²) < 4.78 is 5.58. The molecule has 9 heteroatoms. The Bertz CT molecular complexity index is 719. The number of rotatable bonds is 7. The second-order valence-corrected chi connectivity index (χ2v) is 7.37. The van der Waals surface area contributed by atoms with Crippen LogP contribution in [0.5, 0.6) is 0 Å². The zero-order chi connectivity index (χ0) is 20.1. The molecule has 8 nitrogen and oxygen atoms in total. The summed E-state index contributed by atoms with van der Waals surface area (Å²) in [6.45, 7) is 6.20. The van der Waals surface area contributed by atoms with Gasteiger partial charge < -0.3 is 15.4 Å². The topological polar surface area (TPSA) is 111 Å². The van der Waals surface area contributed by atoms with Crippen LogP contribution in [-0.4, -0.2) is 41.5 Å². The molecule has 3 atom stereocenters. The van der Waals surface area contributed by atoms with Gasteiger partial charge in [0.1, 0.15) is 6.04 Å². The minimum atomic E-state index is -0.771. The fourth-order valence-electron chi connectivity index (χ4n) is 2.96. The van der Waals surface area contributed by atoms with Crippen molar-refractivity contribution in [2.24, 2.45) is 5.92 Å². The number of nitrogens with one attached hydrogen (secondary N) is 2. The van der Waals surface area contributed by atoms with Gasteiger partial charge in [0, 0.05) is 18.7 Å². The molecule has 2 N–H and O–H groups in total. The number of ether oxygens (including phenoxy) is 1. The first-order valence-electron chi connectivity index (χ1n) is 8.87. The van der Waals surface area contributed by atoms with Gasteiger partial charge in [-0.3, -0.25) is 19.7 Å². The quantitative estimate of drug-likeness (QED) is 0.542. The highest BCUT2D eigenvalue weighted by atomic mass is 35.5. The van der Waals surface area contributed by atoms with Crippen LogP contribution in [0.15, 0.2) is 18.2 Å². The van der Waals surface area contributed by atoms with Gasteiger partial charge in [0.05, 0.1) is 27.7 Å². The van der Waals surface area contributed by atoms with Crippen molar-refractivity contribution in [3.05, 3.63) is 38.9 Å². The summed E-state index contributed by atoms with van der Waals surface area (Å²) in [6.07, 6.45) is 1.83. The van der Waals surface area contributed by atoms with E-state index in [1.54, 1.807) is 0 Å². The lowest BCUT2D eigenvalue weighted by atomic mass is 10.0. The maximum Gasteiger partial charge on any atom is 0.270 e. The van der Waals surface area contributed by atoms with Crippen LogP contribution in [0.4, 0.5) is 5.69 Å². The van der Waals surface area contributed by atoms with Crippen molar-refractivity contribution in [1.29, 1.82) is 0 Å². The van der Waals surface area contributed by atoms with Crippen LogP contribution in [0, 0.1) is 16.0 Å². The number of nitro benzene ring substituents is 1. The molecule has 2 rings (SSSR count). The number of carbonyl (C=O) groups excluding carboxylic acids is 2. The Hall–Kier alpha value is -2.19. The summed E-state index contributed by atoms with van der Waals surface area (Å²) in [5.74, 6) is -1.03. The Kier molecular flexibility index (Phi) is 7.15.